The third-order valence-electron chi connectivity index (χ3n) is 3.32. The highest BCUT2D eigenvalue weighted by molar-refractivity contribution is 5.85. The number of alkyl halides is 2. The van der Waals surface area contributed by atoms with Crippen LogP contribution in [0.3, 0.4) is 0 Å². The summed E-state index contributed by atoms with van der Waals surface area (Å²) in [6.45, 7) is 1.22. The van der Waals surface area contributed by atoms with Gasteiger partial charge in [-0.1, -0.05) is 13.3 Å². The Morgan fingerprint density at radius 2 is 1.94 bits per heavy atom. The van der Waals surface area contributed by atoms with Gasteiger partial charge in [0.05, 0.1) is 18.4 Å². The van der Waals surface area contributed by atoms with Crippen molar-refractivity contribution in [3.05, 3.63) is 0 Å². The second-order valence-corrected chi connectivity index (χ2v) is 4.43. The van der Waals surface area contributed by atoms with E-state index in [4.69, 9.17) is 5.11 Å². The molecule has 0 bridgehead atoms. The van der Waals surface area contributed by atoms with Gasteiger partial charge in [0.25, 0.3) is 6.43 Å². The third kappa shape index (κ3) is 3.64. The van der Waals surface area contributed by atoms with Crippen molar-refractivity contribution in [2.45, 2.75) is 32.6 Å². The molecule has 1 amide bonds. The van der Waals surface area contributed by atoms with Gasteiger partial charge in [0.1, 0.15) is 0 Å². The molecule has 1 aliphatic carbocycles. The molecule has 0 aliphatic heterocycles. The molecule has 0 saturated heterocycles. The maximum absolute atomic E-state index is 11.9. The summed E-state index contributed by atoms with van der Waals surface area (Å²) in [5.41, 5.74) is 0. The fourth-order valence-corrected chi connectivity index (χ4v) is 2.35. The van der Waals surface area contributed by atoms with Gasteiger partial charge in [0, 0.05) is 0 Å². The second-order valence-electron chi connectivity index (χ2n) is 4.43. The van der Waals surface area contributed by atoms with Crippen molar-refractivity contribution in [1.82, 2.24) is 5.32 Å². The summed E-state index contributed by atoms with van der Waals surface area (Å²) in [6.07, 6.45) is -0.866. The highest BCUT2D eigenvalue weighted by Crippen LogP contribution is 2.38. The van der Waals surface area contributed by atoms with E-state index in [2.05, 4.69) is 5.32 Å². The molecule has 1 rings (SSSR count). The van der Waals surface area contributed by atoms with Gasteiger partial charge in [-0.05, 0) is 18.8 Å². The van der Waals surface area contributed by atoms with Crippen LogP contribution in [0.15, 0.2) is 0 Å². The van der Waals surface area contributed by atoms with Crippen LogP contribution in [0.4, 0.5) is 8.78 Å². The van der Waals surface area contributed by atoms with E-state index in [9.17, 15) is 18.4 Å². The number of carboxylic acids is 1. The number of halogens is 2. The van der Waals surface area contributed by atoms with Gasteiger partial charge >= 0.3 is 5.97 Å². The lowest BCUT2D eigenvalue weighted by Gasteiger charge is -2.15. The summed E-state index contributed by atoms with van der Waals surface area (Å²) in [5.74, 6) is -2.79. The Bertz CT molecular complexity index is 296. The average molecular weight is 249 g/mol. The topological polar surface area (TPSA) is 66.4 Å². The molecule has 0 heterocycles. The lowest BCUT2D eigenvalue weighted by Crippen LogP contribution is -2.37. The molecular formula is C11H17F2NO3. The van der Waals surface area contributed by atoms with E-state index in [-0.39, 0.29) is 5.92 Å². The van der Waals surface area contributed by atoms with Gasteiger partial charge in [0.15, 0.2) is 0 Å². The van der Waals surface area contributed by atoms with Crippen molar-refractivity contribution < 1.29 is 23.5 Å². The predicted molar refractivity (Wildman–Crippen MR) is 56.6 cm³/mol. The number of carboxylic acid groups (broad SMARTS) is 1. The molecule has 1 unspecified atom stereocenters. The minimum atomic E-state index is -2.61. The smallest absolute Gasteiger partial charge is 0.307 e. The zero-order valence-electron chi connectivity index (χ0n) is 9.66. The third-order valence-corrected chi connectivity index (χ3v) is 3.32. The quantitative estimate of drug-likeness (QED) is 0.776. The van der Waals surface area contributed by atoms with Gasteiger partial charge in [-0.15, -0.1) is 0 Å². The van der Waals surface area contributed by atoms with Crippen LogP contribution in [-0.2, 0) is 9.59 Å². The van der Waals surface area contributed by atoms with E-state index >= 15 is 0 Å². The Morgan fingerprint density at radius 3 is 2.41 bits per heavy atom. The van der Waals surface area contributed by atoms with Crippen LogP contribution >= 0.6 is 0 Å². The molecule has 1 aliphatic rings. The van der Waals surface area contributed by atoms with Crippen molar-refractivity contribution >= 4 is 11.9 Å². The summed E-state index contributed by atoms with van der Waals surface area (Å²) < 4.78 is 23.9. The Labute approximate surface area is 98.4 Å². The van der Waals surface area contributed by atoms with Crippen LogP contribution in [0, 0.1) is 17.8 Å². The van der Waals surface area contributed by atoms with Crippen molar-refractivity contribution in [2.24, 2.45) is 17.8 Å². The summed E-state index contributed by atoms with van der Waals surface area (Å²) in [5, 5.41) is 11.1. The van der Waals surface area contributed by atoms with Crippen molar-refractivity contribution in [2.75, 3.05) is 6.54 Å². The fraction of sp³-hybridized carbons (Fsp3) is 0.818. The van der Waals surface area contributed by atoms with Crippen molar-refractivity contribution in [3.8, 4) is 0 Å². The molecule has 2 N–H and O–H groups in total. The Balaban J connectivity index is 2.60. The van der Waals surface area contributed by atoms with Gasteiger partial charge in [-0.25, -0.2) is 8.78 Å². The molecule has 0 radical (unpaired) electrons. The highest BCUT2D eigenvalue weighted by Gasteiger charge is 2.42. The maximum Gasteiger partial charge on any atom is 0.307 e. The maximum atomic E-state index is 11.9. The summed E-state index contributed by atoms with van der Waals surface area (Å²) in [6, 6.07) is 0. The minimum Gasteiger partial charge on any atom is -0.481 e. The van der Waals surface area contributed by atoms with E-state index < -0.39 is 36.7 Å². The van der Waals surface area contributed by atoms with Gasteiger partial charge < -0.3 is 10.4 Å². The first-order chi connectivity index (χ1) is 7.95. The van der Waals surface area contributed by atoms with E-state index in [1.165, 1.54) is 0 Å². The molecule has 17 heavy (non-hydrogen) atoms. The van der Waals surface area contributed by atoms with Crippen LogP contribution in [-0.4, -0.2) is 30.0 Å². The molecule has 0 aromatic heterocycles. The number of hydrogen-bond donors (Lipinski definition) is 2. The van der Waals surface area contributed by atoms with E-state index in [0.29, 0.717) is 12.8 Å². The van der Waals surface area contributed by atoms with E-state index in [0.717, 1.165) is 6.42 Å². The molecule has 4 nitrogen and oxygen atoms in total. The summed E-state index contributed by atoms with van der Waals surface area (Å²) in [7, 11) is 0. The Hall–Kier alpha value is -1.20. The molecule has 0 aromatic carbocycles. The van der Waals surface area contributed by atoms with Gasteiger partial charge in [-0.3, -0.25) is 9.59 Å². The first kappa shape index (κ1) is 13.9. The van der Waals surface area contributed by atoms with Gasteiger partial charge in [-0.2, -0.15) is 0 Å². The van der Waals surface area contributed by atoms with Crippen molar-refractivity contribution in [1.29, 1.82) is 0 Å². The van der Waals surface area contributed by atoms with Crippen LogP contribution in [0.2, 0.25) is 0 Å². The Kier molecular flexibility index (Phi) is 4.84. The fourth-order valence-electron chi connectivity index (χ4n) is 2.35. The first-order valence-electron chi connectivity index (χ1n) is 5.74. The molecular weight excluding hydrogens is 232 g/mol. The Morgan fingerprint density at radius 1 is 1.35 bits per heavy atom. The van der Waals surface area contributed by atoms with Gasteiger partial charge in [0.2, 0.25) is 5.91 Å². The van der Waals surface area contributed by atoms with Crippen LogP contribution < -0.4 is 5.32 Å². The van der Waals surface area contributed by atoms with Crippen LogP contribution in [0.25, 0.3) is 0 Å². The summed E-state index contributed by atoms with van der Waals surface area (Å²) >= 11 is 0. The SMILES string of the molecule is CCC1C[C@H](C(=O)NCC(F)F)[C@H](C(=O)O)C1. The molecule has 6 heteroatoms. The lowest BCUT2D eigenvalue weighted by atomic mass is 9.95. The standard InChI is InChI=1S/C11H17F2NO3/c1-2-6-3-7(8(4-6)11(16)17)10(15)14-5-9(12)13/h6-9H,2-5H2,1H3,(H,14,15)(H,16,17)/t6?,7-,8+/m0/s1. The van der Waals surface area contributed by atoms with Crippen molar-refractivity contribution in [3.63, 3.8) is 0 Å². The monoisotopic (exact) mass is 249 g/mol. The highest BCUT2D eigenvalue weighted by atomic mass is 19.3. The van der Waals surface area contributed by atoms with E-state index in [1.54, 1.807) is 0 Å². The largest absolute Gasteiger partial charge is 0.481 e. The predicted octanol–water partition coefficient (Wildman–Crippen LogP) is 1.50. The summed E-state index contributed by atoms with van der Waals surface area (Å²) in [4.78, 5) is 22.6. The molecule has 0 aromatic rings. The number of carbonyl (C=O) groups excluding carboxylic acids is 1. The minimum absolute atomic E-state index is 0.193. The second kappa shape index (κ2) is 5.93. The number of hydrogen-bond acceptors (Lipinski definition) is 2. The normalized spacial score (nSPS) is 28.4. The number of nitrogens with one attached hydrogen (secondary N) is 1. The molecule has 98 valence electrons. The zero-order valence-corrected chi connectivity index (χ0v) is 9.66. The molecule has 0 spiro atoms. The molecule has 3 atom stereocenters. The number of rotatable bonds is 5. The lowest BCUT2D eigenvalue weighted by molar-refractivity contribution is -0.146. The number of carbonyl (C=O) groups is 2. The first-order valence-corrected chi connectivity index (χ1v) is 5.74. The van der Waals surface area contributed by atoms with Crippen LogP contribution in [0.5, 0.6) is 0 Å². The number of amides is 1. The average Bonchev–Trinajstić information content (AvgIpc) is 2.69. The molecule has 1 fully saturated rings. The zero-order chi connectivity index (χ0) is 13.0. The van der Waals surface area contributed by atoms with Crippen LogP contribution in [0.1, 0.15) is 26.2 Å². The molecule has 1 saturated carbocycles. The number of aliphatic carboxylic acids is 1. The van der Waals surface area contributed by atoms with E-state index in [1.807, 2.05) is 6.92 Å².